The number of benzene rings is 1. The van der Waals surface area contributed by atoms with Crippen LogP contribution in [0.3, 0.4) is 0 Å². The minimum absolute atomic E-state index is 0.00778. The van der Waals surface area contributed by atoms with Crippen LogP contribution in [0.25, 0.3) is 0 Å². The Bertz CT molecular complexity index is 493. The lowest BCUT2D eigenvalue weighted by Crippen LogP contribution is -2.50. The van der Waals surface area contributed by atoms with Gasteiger partial charge in [0.05, 0.1) is 12.1 Å². The van der Waals surface area contributed by atoms with Gasteiger partial charge in [-0.15, -0.1) is 0 Å². The molecule has 0 aliphatic carbocycles. The second-order valence-electron chi connectivity index (χ2n) is 7.36. The van der Waals surface area contributed by atoms with Gasteiger partial charge in [0, 0.05) is 19.1 Å². The molecule has 3 atom stereocenters. The highest BCUT2D eigenvalue weighted by atomic mass is 16.3. The minimum Gasteiger partial charge on any atom is -0.390 e. The Labute approximate surface area is 158 Å². The van der Waals surface area contributed by atoms with Crippen LogP contribution in [0.2, 0.25) is 0 Å². The predicted molar refractivity (Wildman–Crippen MR) is 108 cm³/mol. The van der Waals surface area contributed by atoms with Crippen molar-refractivity contribution in [3.63, 3.8) is 0 Å². The third-order valence-electron chi connectivity index (χ3n) is 4.38. The van der Waals surface area contributed by atoms with Crippen molar-refractivity contribution in [1.82, 2.24) is 10.6 Å². The largest absolute Gasteiger partial charge is 0.390 e. The van der Waals surface area contributed by atoms with Gasteiger partial charge in [0.15, 0.2) is 0 Å². The van der Waals surface area contributed by atoms with Crippen molar-refractivity contribution >= 4 is 5.91 Å². The summed E-state index contributed by atoms with van der Waals surface area (Å²) in [4.78, 5) is 12.4. The fourth-order valence-electron chi connectivity index (χ4n) is 2.83. The Kier molecular flexibility index (Phi) is 11.2. The summed E-state index contributed by atoms with van der Waals surface area (Å²) in [6.07, 6.45) is 3.46. The Hall–Kier alpha value is -1.43. The van der Waals surface area contributed by atoms with E-state index in [4.69, 9.17) is 5.73 Å². The van der Waals surface area contributed by atoms with Crippen molar-refractivity contribution < 1.29 is 9.90 Å². The van der Waals surface area contributed by atoms with Gasteiger partial charge in [-0.2, -0.15) is 0 Å². The van der Waals surface area contributed by atoms with Crippen LogP contribution in [-0.2, 0) is 11.2 Å². The fourth-order valence-corrected chi connectivity index (χ4v) is 2.83. The normalized spacial score (nSPS) is 14.8. The first-order valence-electron chi connectivity index (χ1n) is 9.72. The Balaban J connectivity index is 2.46. The van der Waals surface area contributed by atoms with Gasteiger partial charge in [0.1, 0.15) is 0 Å². The number of aliphatic hydroxyl groups excluding tert-OH is 1. The molecule has 0 aliphatic heterocycles. The first kappa shape index (κ1) is 22.6. The van der Waals surface area contributed by atoms with Crippen LogP contribution >= 0.6 is 0 Å². The van der Waals surface area contributed by atoms with Crippen molar-refractivity contribution in [1.29, 1.82) is 0 Å². The molecular formula is C21H36N3O2. The van der Waals surface area contributed by atoms with Crippen molar-refractivity contribution in [3.05, 3.63) is 42.8 Å². The van der Waals surface area contributed by atoms with Gasteiger partial charge in [-0.3, -0.25) is 4.79 Å². The van der Waals surface area contributed by atoms with E-state index in [1.54, 1.807) is 0 Å². The number of nitrogens with one attached hydrogen (secondary N) is 2. The number of amides is 1. The molecule has 1 aromatic carbocycles. The summed E-state index contributed by atoms with van der Waals surface area (Å²) in [7, 11) is 0. The highest BCUT2D eigenvalue weighted by Gasteiger charge is 2.22. The maximum Gasteiger partial charge on any atom is 0.237 e. The zero-order chi connectivity index (χ0) is 19.4. The van der Waals surface area contributed by atoms with Gasteiger partial charge in [-0.25, -0.2) is 0 Å². The van der Waals surface area contributed by atoms with Crippen molar-refractivity contribution in [2.45, 2.75) is 64.1 Å². The molecule has 5 heteroatoms. The van der Waals surface area contributed by atoms with E-state index in [9.17, 15) is 9.90 Å². The summed E-state index contributed by atoms with van der Waals surface area (Å²) in [5.41, 5.74) is 7.23. The maximum atomic E-state index is 12.4. The van der Waals surface area contributed by atoms with E-state index in [-0.39, 0.29) is 18.0 Å². The highest BCUT2D eigenvalue weighted by molar-refractivity contribution is 5.81. The molecule has 1 aromatic rings. The number of hydrogen-bond acceptors (Lipinski definition) is 4. The molecule has 0 bridgehead atoms. The molecule has 0 saturated carbocycles. The molecule has 0 unspecified atom stereocenters. The molecule has 1 amide bonds. The molecule has 1 rings (SSSR count). The summed E-state index contributed by atoms with van der Waals surface area (Å²) in [6.45, 7) is 8.95. The Morgan fingerprint density at radius 2 is 1.92 bits per heavy atom. The third-order valence-corrected chi connectivity index (χ3v) is 4.38. The van der Waals surface area contributed by atoms with E-state index >= 15 is 0 Å². The van der Waals surface area contributed by atoms with E-state index in [2.05, 4.69) is 31.4 Å². The zero-order valence-electron chi connectivity index (χ0n) is 16.3. The van der Waals surface area contributed by atoms with Crippen LogP contribution in [0, 0.1) is 12.8 Å². The van der Waals surface area contributed by atoms with Gasteiger partial charge in [-0.05, 0) is 30.7 Å². The van der Waals surface area contributed by atoms with Gasteiger partial charge in [-0.1, -0.05) is 63.9 Å². The lowest BCUT2D eigenvalue weighted by atomic mass is 10.00. The van der Waals surface area contributed by atoms with Crippen molar-refractivity contribution in [2.24, 2.45) is 11.7 Å². The number of carbonyl (C=O) groups is 1. The van der Waals surface area contributed by atoms with Gasteiger partial charge >= 0.3 is 0 Å². The topological polar surface area (TPSA) is 87.4 Å². The van der Waals surface area contributed by atoms with E-state index in [0.717, 1.165) is 31.2 Å². The Morgan fingerprint density at radius 1 is 1.23 bits per heavy atom. The molecule has 0 saturated heterocycles. The molecule has 147 valence electrons. The second-order valence-corrected chi connectivity index (χ2v) is 7.36. The van der Waals surface area contributed by atoms with E-state index in [0.29, 0.717) is 25.4 Å². The summed E-state index contributed by atoms with van der Waals surface area (Å²) in [5.74, 6) is 0.375. The molecule has 0 aliphatic rings. The Morgan fingerprint density at radius 3 is 2.54 bits per heavy atom. The lowest BCUT2D eigenvalue weighted by Gasteiger charge is -2.24. The molecule has 26 heavy (non-hydrogen) atoms. The number of nitrogens with two attached hydrogens (primary N) is 1. The van der Waals surface area contributed by atoms with Gasteiger partial charge in [0.25, 0.3) is 0 Å². The quantitative estimate of drug-likeness (QED) is 0.405. The number of rotatable bonds is 13. The molecule has 0 heterocycles. The average molecular weight is 363 g/mol. The van der Waals surface area contributed by atoms with Crippen LogP contribution in [0.1, 0.15) is 45.1 Å². The molecule has 0 aromatic heterocycles. The standard InChI is InChI=1S/C21H36N3O2/c1-4-5-9-12-23-21(26)19(13-16(2)3)24-15-20(25)18(22)14-17-10-7-6-8-11-17/h6-8,10-11,16,18-20,24-25H,1,4-5,9,12-15,22H2,2-3H3,(H,23,26)/t18-,19+,20+/m0/s1. The maximum absolute atomic E-state index is 12.4. The van der Waals surface area contributed by atoms with Crippen LogP contribution in [-0.4, -0.2) is 42.3 Å². The molecule has 5 N–H and O–H groups in total. The molecule has 0 fully saturated rings. The average Bonchev–Trinajstić information content (AvgIpc) is 2.62. The molecule has 0 spiro atoms. The smallest absolute Gasteiger partial charge is 0.237 e. The van der Waals surface area contributed by atoms with Crippen LogP contribution in [0.15, 0.2) is 30.3 Å². The summed E-state index contributed by atoms with van der Waals surface area (Å²) in [6, 6.07) is 9.20. The van der Waals surface area contributed by atoms with Gasteiger partial charge < -0.3 is 21.5 Å². The first-order chi connectivity index (χ1) is 12.4. The van der Waals surface area contributed by atoms with E-state index in [1.807, 2.05) is 30.3 Å². The first-order valence-corrected chi connectivity index (χ1v) is 9.72. The predicted octanol–water partition coefficient (Wildman–Crippen LogP) is 2.04. The highest BCUT2D eigenvalue weighted by Crippen LogP contribution is 2.07. The van der Waals surface area contributed by atoms with E-state index in [1.165, 1.54) is 0 Å². The van der Waals surface area contributed by atoms with Gasteiger partial charge in [0.2, 0.25) is 5.91 Å². The van der Waals surface area contributed by atoms with Crippen LogP contribution < -0.4 is 16.4 Å². The summed E-state index contributed by atoms with van der Waals surface area (Å²) >= 11 is 0. The summed E-state index contributed by atoms with van der Waals surface area (Å²) in [5, 5.41) is 16.5. The van der Waals surface area contributed by atoms with E-state index < -0.39 is 6.10 Å². The fraction of sp³-hybridized carbons (Fsp3) is 0.619. The summed E-state index contributed by atoms with van der Waals surface area (Å²) < 4.78 is 0. The van der Waals surface area contributed by atoms with Crippen LogP contribution in [0.5, 0.6) is 0 Å². The molecule has 5 nitrogen and oxygen atoms in total. The van der Waals surface area contributed by atoms with Crippen LogP contribution in [0.4, 0.5) is 0 Å². The van der Waals surface area contributed by atoms with Crippen molar-refractivity contribution in [2.75, 3.05) is 13.1 Å². The molecule has 1 radical (unpaired) electrons. The SMILES string of the molecule is [CH2]CCCCNC(=O)[C@@H](CC(C)C)NC[C@@H](O)[C@@H](N)Cc1ccccc1. The lowest BCUT2D eigenvalue weighted by molar-refractivity contribution is -0.123. The number of hydrogen-bond donors (Lipinski definition) is 4. The number of carbonyl (C=O) groups excluding carboxylic acids is 1. The van der Waals surface area contributed by atoms with Crippen molar-refractivity contribution in [3.8, 4) is 0 Å². The zero-order valence-corrected chi connectivity index (χ0v) is 16.3. The molecular weight excluding hydrogens is 326 g/mol. The number of unbranched alkanes of at least 4 members (excludes halogenated alkanes) is 2. The monoisotopic (exact) mass is 362 g/mol. The third kappa shape index (κ3) is 9.32. The minimum atomic E-state index is -0.705. The second kappa shape index (κ2) is 12.8. The number of aliphatic hydroxyl groups is 1.